The first-order chi connectivity index (χ1) is 10.2. The van der Waals surface area contributed by atoms with Crippen molar-refractivity contribution in [3.8, 4) is 0 Å². The van der Waals surface area contributed by atoms with E-state index in [0.29, 0.717) is 12.2 Å². The normalized spacial score (nSPS) is 26.3. The highest BCUT2D eigenvalue weighted by molar-refractivity contribution is 5.94. The summed E-state index contributed by atoms with van der Waals surface area (Å²) in [5.74, 6) is 0.253. The van der Waals surface area contributed by atoms with Crippen molar-refractivity contribution >= 4 is 5.91 Å². The molecule has 2 heterocycles. The van der Waals surface area contributed by atoms with Gasteiger partial charge in [-0.15, -0.1) is 0 Å². The summed E-state index contributed by atoms with van der Waals surface area (Å²) in [5, 5.41) is 16.8. The molecule has 0 saturated carbocycles. The van der Waals surface area contributed by atoms with E-state index < -0.39 is 0 Å². The van der Waals surface area contributed by atoms with Crippen LogP contribution in [-0.2, 0) is 12.8 Å². The average Bonchev–Trinajstić information content (AvgIpc) is 2.76. The molecule has 1 aromatic rings. The molecule has 2 atom stereocenters. The van der Waals surface area contributed by atoms with Gasteiger partial charge in [-0.05, 0) is 51.4 Å². The second kappa shape index (κ2) is 6.18. The largest absolute Gasteiger partial charge is 0.396 e. The molecule has 1 amide bonds. The summed E-state index contributed by atoms with van der Waals surface area (Å²) in [4.78, 5) is 14.8. The van der Waals surface area contributed by atoms with E-state index in [1.54, 1.807) is 0 Å². The molecule has 0 radical (unpaired) electrons. The number of H-pyrrole nitrogens is 1. The second-order valence-electron chi connectivity index (χ2n) is 6.52. The van der Waals surface area contributed by atoms with Gasteiger partial charge in [-0.25, -0.2) is 0 Å². The van der Waals surface area contributed by atoms with Crippen molar-refractivity contribution in [3.05, 3.63) is 17.0 Å². The lowest BCUT2D eigenvalue weighted by Crippen LogP contribution is -2.46. The first kappa shape index (κ1) is 14.6. The van der Waals surface area contributed by atoms with Crippen molar-refractivity contribution in [3.63, 3.8) is 0 Å². The minimum absolute atomic E-state index is 0.0417. The van der Waals surface area contributed by atoms with Gasteiger partial charge in [0.15, 0.2) is 5.69 Å². The Morgan fingerprint density at radius 3 is 2.95 bits per heavy atom. The molecule has 116 valence electrons. The molecule has 1 aromatic heterocycles. The van der Waals surface area contributed by atoms with Crippen LogP contribution < -0.4 is 0 Å². The van der Waals surface area contributed by atoms with Crippen molar-refractivity contribution in [1.29, 1.82) is 0 Å². The fourth-order valence-electron chi connectivity index (χ4n) is 3.58. The van der Waals surface area contributed by atoms with E-state index in [1.165, 1.54) is 12.8 Å². The Hall–Kier alpha value is -1.36. The van der Waals surface area contributed by atoms with E-state index >= 15 is 0 Å². The third-order valence-electron chi connectivity index (χ3n) is 5.01. The van der Waals surface area contributed by atoms with Crippen LogP contribution in [0.25, 0.3) is 0 Å². The molecule has 2 N–H and O–H groups in total. The predicted octanol–water partition coefficient (Wildman–Crippen LogP) is 1.91. The van der Waals surface area contributed by atoms with Crippen LogP contribution >= 0.6 is 0 Å². The topological polar surface area (TPSA) is 69.2 Å². The lowest BCUT2D eigenvalue weighted by molar-refractivity contribution is 0.0482. The minimum atomic E-state index is 0.0417. The number of aromatic nitrogens is 2. The van der Waals surface area contributed by atoms with Gasteiger partial charge in [0, 0.05) is 30.5 Å². The van der Waals surface area contributed by atoms with Crippen LogP contribution in [0.15, 0.2) is 0 Å². The summed E-state index contributed by atoms with van der Waals surface area (Å²) in [6.07, 6.45) is 7.46. The maximum atomic E-state index is 12.9. The number of nitrogens with one attached hydrogen (secondary N) is 1. The Morgan fingerprint density at radius 2 is 2.14 bits per heavy atom. The first-order valence-electron chi connectivity index (χ1n) is 8.18. The van der Waals surface area contributed by atoms with Crippen LogP contribution in [0.3, 0.4) is 0 Å². The van der Waals surface area contributed by atoms with E-state index in [4.69, 9.17) is 0 Å². The van der Waals surface area contributed by atoms with Gasteiger partial charge < -0.3 is 10.0 Å². The second-order valence-corrected chi connectivity index (χ2v) is 6.52. The van der Waals surface area contributed by atoms with E-state index in [0.717, 1.165) is 43.4 Å². The third-order valence-corrected chi connectivity index (χ3v) is 5.01. The van der Waals surface area contributed by atoms with Gasteiger partial charge in [0.2, 0.25) is 0 Å². The molecule has 0 spiro atoms. The Kier molecular flexibility index (Phi) is 4.29. The number of piperidine rings is 1. The van der Waals surface area contributed by atoms with Gasteiger partial charge in [0.1, 0.15) is 0 Å². The molecule has 1 aliphatic heterocycles. The molecule has 2 aliphatic rings. The van der Waals surface area contributed by atoms with E-state index in [-0.39, 0.29) is 24.5 Å². The van der Waals surface area contributed by atoms with Crippen LogP contribution in [0.1, 0.15) is 60.8 Å². The summed E-state index contributed by atoms with van der Waals surface area (Å²) < 4.78 is 0. The van der Waals surface area contributed by atoms with Crippen molar-refractivity contribution in [1.82, 2.24) is 15.1 Å². The van der Waals surface area contributed by atoms with E-state index in [9.17, 15) is 9.90 Å². The van der Waals surface area contributed by atoms with Crippen molar-refractivity contribution in [2.75, 3.05) is 13.2 Å². The zero-order valence-electron chi connectivity index (χ0n) is 12.8. The lowest BCUT2D eigenvalue weighted by atomic mass is 9.93. The molecule has 1 aliphatic carbocycles. The lowest BCUT2D eigenvalue weighted by Gasteiger charge is -2.37. The zero-order chi connectivity index (χ0) is 14.8. The van der Waals surface area contributed by atoms with Gasteiger partial charge in [0.25, 0.3) is 5.91 Å². The highest BCUT2D eigenvalue weighted by Gasteiger charge is 2.32. The third kappa shape index (κ3) is 2.84. The summed E-state index contributed by atoms with van der Waals surface area (Å²) in [6, 6.07) is 0.235. The monoisotopic (exact) mass is 291 g/mol. The van der Waals surface area contributed by atoms with Crippen molar-refractivity contribution in [2.45, 2.75) is 57.9 Å². The molecule has 2 unspecified atom stereocenters. The van der Waals surface area contributed by atoms with Crippen LogP contribution in [0.4, 0.5) is 0 Å². The van der Waals surface area contributed by atoms with E-state index in [2.05, 4.69) is 17.1 Å². The summed E-state index contributed by atoms with van der Waals surface area (Å²) >= 11 is 0. The maximum absolute atomic E-state index is 12.9. The molecule has 3 rings (SSSR count). The van der Waals surface area contributed by atoms with Crippen LogP contribution in [0.2, 0.25) is 0 Å². The molecule has 1 saturated heterocycles. The molecule has 0 bridgehead atoms. The van der Waals surface area contributed by atoms with Gasteiger partial charge in [0.05, 0.1) is 0 Å². The zero-order valence-corrected chi connectivity index (χ0v) is 12.8. The minimum Gasteiger partial charge on any atom is -0.396 e. The number of aryl methyl sites for hydroxylation is 1. The highest BCUT2D eigenvalue weighted by atomic mass is 16.3. The van der Waals surface area contributed by atoms with Crippen molar-refractivity contribution < 1.29 is 9.90 Å². The number of hydrogen-bond acceptors (Lipinski definition) is 3. The summed E-state index contributed by atoms with van der Waals surface area (Å²) in [7, 11) is 0. The van der Waals surface area contributed by atoms with Gasteiger partial charge >= 0.3 is 0 Å². The highest BCUT2D eigenvalue weighted by Crippen LogP contribution is 2.26. The molecule has 21 heavy (non-hydrogen) atoms. The molecule has 5 nitrogen and oxygen atoms in total. The first-order valence-corrected chi connectivity index (χ1v) is 8.18. The summed E-state index contributed by atoms with van der Waals surface area (Å²) in [5.41, 5.74) is 2.91. The SMILES string of the molecule is CC1CCC(CO)CN1C(=O)c1n[nH]c2c1CCCCC2. The number of carbonyl (C=O) groups excluding carboxylic acids is 1. The number of aliphatic hydroxyl groups is 1. The Labute approximate surface area is 125 Å². The number of aromatic amines is 1. The fourth-order valence-corrected chi connectivity index (χ4v) is 3.58. The standard InChI is InChI=1S/C16H25N3O2/c1-11-7-8-12(10-20)9-19(11)16(21)15-13-5-3-2-4-6-14(13)17-18-15/h11-12,20H,2-10H2,1H3,(H,17,18). The average molecular weight is 291 g/mol. The van der Waals surface area contributed by atoms with Crippen LogP contribution in [0.5, 0.6) is 0 Å². The molecular weight excluding hydrogens is 266 g/mol. The number of nitrogens with zero attached hydrogens (tertiary/aromatic N) is 2. The smallest absolute Gasteiger partial charge is 0.274 e. The Balaban J connectivity index is 1.83. The van der Waals surface area contributed by atoms with Crippen molar-refractivity contribution in [2.24, 2.45) is 5.92 Å². The Morgan fingerprint density at radius 1 is 1.33 bits per heavy atom. The van der Waals surface area contributed by atoms with Gasteiger partial charge in [-0.1, -0.05) is 6.42 Å². The van der Waals surface area contributed by atoms with Crippen LogP contribution in [0, 0.1) is 5.92 Å². The maximum Gasteiger partial charge on any atom is 0.274 e. The quantitative estimate of drug-likeness (QED) is 0.818. The molecule has 5 heteroatoms. The number of likely N-dealkylation sites (tertiary alicyclic amines) is 1. The van der Waals surface area contributed by atoms with Gasteiger partial charge in [-0.3, -0.25) is 9.89 Å². The molecule has 1 fully saturated rings. The number of amides is 1. The molecule has 0 aromatic carbocycles. The van der Waals surface area contributed by atoms with Crippen LogP contribution in [-0.4, -0.2) is 45.3 Å². The Bertz CT molecular complexity index is 512. The number of carbonyl (C=O) groups is 1. The van der Waals surface area contributed by atoms with E-state index in [1.807, 2.05) is 4.90 Å². The summed E-state index contributed by atoms with van der Waals surface area (Å²) in [6.45, 7) is 2.91. The number of fused-ring (bicyclic) bond motifs is 1. The number of rotatable bonds is 2. The number of aliphatic hydroxyl groups excluding tert-OH is 1. The predicted molar refractivity (Wildman–Crippen MR) is 80.2 cm³/mol. The molecular formula is C16H25N3O2. The fraction of sp³-hybridized carbons (Fsp3) is 0.750. The van der Waals surface area contributed by atoms with Gasteiger partial charge in [-0.2, -0.15) is 5.10 Å². The number of hydrogen-bond donors (Lipinski definition) is 2.